The summed E-state index contributed by atoms with van der Waals surface area (Å²) in [6.45, 7) is 0. The highest BCUT2D eigenvalue weighted by molar-refractivity contribution is 6.25. The van der Waals surface area contributed by atoms with E-state index in [4.69, 9.17) is 0 Å². The zero-order valence-electron chi connectivity index (χ0n) is 22.8. The third kappa shape index (κ3) is 3.69. The Labute approximate surface area is 243 Å². The van der Waals surface area contributed by atoms with Crippen molar-refractivity contribution in [3.63, 3.8) is 0 Å². The summed E-state index contributed by atoms with van der Waals surface area (Å²) in [7, 11) is 0. The summed E-state index contributed by atoms with van der Waals surface area (Å²) < 4.78 is 0. The smallest absolute Gasteiger partial charge is 0.0992 e. The maximum absolute atomic E-state index is 9.50. The van der Waals surface area contributed by atoms with Crippen LogP contribution in [-0.4, -0.2) is 4.98 Å². The second-order valence-corrected chi connectivity index (χ2v) is 10.6. The van der Waals surface area contributed by atoms with Gasteiger partial charge in [0.1, 0.15) is 0 Å². The van der Waals surface area contributed by atoms with Gasteiger partial charge in [0.2, 0.25) is 0 Å². The predicted molar refractivity (Wildman–Crippen MR) is 175 cm³/mol. The first-order chi connectivity index (χ1) is 20.8. The fraction of sp³-hybridized carbons (Fsp3) is 0. The van der Waals surface area contributed by atoms with Gasteiger partial charge in [0, 0.05) is 11.8 Å². The molecule has 194 valence electrons. The van der Waals surface area contributed by atoms with Crippen molar-refractivity contribution in [2.45, 2.75) is 0 Å². The fourth-order valence-corrected chi connectivity index (χ4v) is 6.55. The van der Waals surface area contributed by atoms with Crippen molar-refractivity contribution in [2.24, 2.45) is 0 Å². The summed E-state index contributed by atoms with van der Waals surface area (Å²) >= 11 is 0. The number of fused-ring (bicyclic) bond motifs is 4. The molecule has 0 amide bonds. The molecule has 8 rings (SSSR count). The zero-order chi connectivity index (χ0) is 28.0. The number of rotatable bonds is 3. The number of hydrogen-bond acceptors (Lipinski definition) is 2. The molecule has 1 heterocycles. The Hall–Kier alpha value is -5.78. The van der Waals surface area contributed by atoms with Crippen LogP contribution < -0.4 is 0 Å². The van der Waals surface area contributed by atoms with E-state index in [0.29, 0.717) is 5.56 Å². The molecule has 0 atom stereocenters. The topological polar surface area (TPSA) is 36.7 Å². The second kappa shape index (κ2) is 9.70. The SMILES string of the molecule is N#Cc1ccnc(-c2cccc3c(-c4c5ccccc5c(-c5cccc6ccccc56)c5ccccc45)cccc23)c1. The number of pyridine rings is 1. The molecule has 2 nitrogen and oxygen atoms in total. The lowest BCUT2D eigenvalue weighted by atomic mass is 9.83. The molecule has 0 N–H and O–H groups in total. The van der Waals surface area contributed by atoms with Gasteiger partial charge in [0.25, 0.3) is 0 Å². The largest absolute Gasteiger partial charge is 0.256 e. The quantitative estimate of drug-likeness (QED) is 0.212. The molecule has 2 heteroatoms. The average Bonchev–Trinajstić information content (AvgIpc) is 3.06. The van der Waals surface area contributed by atoms with Gasteiger partial charge >= 0.3 is 0 Å². The van der Waals surface area contributed by atoms with Crippen LogP contribution in [0.2, 0.25) is 0 Å². The molecule has 0 aliphatic rings. The van der Waals surface area contributed by atoms with Gasteiger partial charge in [-0.2, -0.15) is 5.26 Å². The number of nitriles is 1. The van der Waals surface area contributed by atoms with Crippen LogP contribution in [-0.2, 0) is 0 Å². The standard InChI is InChI=1S/C40H24N2/c41-25-26-22-23-42-38(24-26)31-19-8-18-30-29(31)17-9-21-33(30)40-36-15-5-3-13-34(36)39(35-14-4-6-16-37(35)40)32-20-7-11-27-10-1-2-12-28(27)32/h1-24H. The number of benzene rings is 7. The fourth-order valence-electron chi connectivity index (χ4n) is 6.55. The number of aromatic nitrogens is 1. The zero-order valence-corrected chi connectivity index (χ0v) is 22.8. The van der Waals surface area contributed by atoms with Crippen LogP contribution in [0.3, 0.4) is 0 Å². The maximum atomic E-state index is 9.50. The molecular formula is C40H24N2. The van der Waals surface area contributed by atoms with E-state index >= 15 is 0 Å². The molecule has 7 aromatic carbocycles. The van der Waals surface area contributed by atoms with Crippen molar-refractivity contribution in [1.29, 1.82) is 5.26 Å². The van der Waals surface area contributed by atoms with E-state index in [1.165, 1.54) is 54.6 Å². The van der Waals surface area contributed by atoms with Crippen molar-refractivity contribution >= 4 is 43.1 Å². The van der Waals surface area contributed by atoms with Crippen molar-refractivity contribution in [2.75, 3.05) is 0 Å². The molecule has 0 spiro atoms. The van der Waals surface area contributed by atoms with E-state index in [-0.39, 0.29) is 0 Å². The van der Waals surface area contributed by atoms with E-state index < -0.39 is 0 Å². The lowest BCUT2D eigenvalue weighted by molar-refractivity contribution is 1.31. The Balaban J connectivity index is 1.49. The molecule has 0 fully saturated rings. The highest BCUT2D eigenvalue weighted by Crippen LogP contribution is 2.47. The van der Waals surface area contributed by atoms with Crippen LogP contribution >= 0.6 is 0 Å². The second-order valence-electron chi connectivity index (χ2n) is 10.6. The first kappa shape index (κ1) is 24.1. The van der Waals surface area contributed by atoms with Crippen molar-refractivity contribution < 1.29 is 0 Å². The molecular weight excluding hydrogens is 508 g/mol. The Morgan fingerprint density at radius 2 is 0.881 bits per heavy atom. The predicted octanol–water partition coefficient (Wildman–Crippen LogP) is 10.6. The summed E-state index contributed by atoms with van der Waals surface area (Å²) in [5.41, 5.74) is 7.35. The summed E-state index contributed by atoms with van der Waals surface area (Å²) in [5.74, 6) is 0. The molecule has 0 saturated carbocycles. The third-order valence-electron chi connectivity index (χ3n) is 8.35. The first-order valence-corrected chi connectivity index (χ1v) is 14.1. The van der Waals surface area contributed by atoms with Crippen LogP contribution in [0.25, 0.3) is 76.6 Å². The van der Waals surface area contributed by atoms with E-state index in [2.05, 4.69) is 138 Å². The van der Waals surface area contributed by atoms with Gasteiger partial charge in [-0.05, 0) is 77.5 Å². The van der Waals surface area contributed by atoms with Crippen molar-refractivity contribution in [3.05, 3.63) is 151 Å². The van der Waals surface area contributed by atoms with Gasteiger partial charge in [-0.25, -0.2) is 0 Å². The summed E-state index contributed by atoms with van der Waals surface area (Å²) in [5, 5.41) is 19.2. The molecule has 42 heavy (non-hydrogen) atoms. The van der Waals surface area contributed by atoms with Gasteiger partial charge in [0.15, 0.2) is 0 Å². The highest BCUT2D eigenvalue weighted by atomic mass is 14.7. The van der Waals surface area contributed by atoms with E-state index in [1.807, 2.05) is 6.07 Å². The lowest BCUT2D eigenvalue weighted by Crippen LogP contribution is -1.93. The molecule has 0 bridgehead atoms. The Bertz CT molecular complexity index is 2310. The number of nitrogens with zero attached hydrogens (tertiary/aromatic N) is 2. The maximum Gasteiger partial charge on any atom is 0.0992 e. The van der Waals surface area contributed by atoms with Gasteiger partial charge in [-0.3, -0.25) is 4.98 Å². The van der Waals surface area contributed by atoms with Crippen LogP contribution in [0.5, 0.6) is 0 Å². The van der Waals surface area contributed by atoms with Crippen LogP contribution in [0.15, 0.2) is 146 Å². The first-order valence-electron chi connectivity index (χ1n) is 14.1. The number of hydrogen-bond donors (Lipinski definition) is 0. The van der Waals surface area contributed by atoms with Gasteiger partial charge in [-0.15, -0.1) is 0 Å². The van der Waals surface area contributed by atoms with Gasteiger partial charge in [0.05, 0.1) is 17.3 Å². The minimum absolute atomic E-state index is 0.606. The van der Waals surface area contributed by atoms with E-state index in [0.717, 1.165) is 22.0 Å². The molecule has 0 aliphatic carbocycles. The van der Waals surface area contributed by atoms with Gasteiger partial charge in [-0.1, -0.05) is 127 Å². The molecule has 0 aliphatic heterocycles. The molecule has 8 aromatic rings. The van der Waals surface area contributed by atoms with Crippen molar-refractivity contribution in [3.8, 4) is 39.6 Å². The monoisotopic (exact) mass is 532 g/mol. The normalized spacial score (nSPS) is 11.3. The van der Waals surface area contributed by atoms with Crippen LogP contribution in [0.4, 0.5) is 0 Å². The van der Waals surface area contributed by atoms with E-state index in [9.17, 15) is 5.26 Å². The third-order valence-corrected chi connectivity index (χ3v) is 8.35. The van der Waals surface area contributed by atoms with Gasteiger partial charge < -0.3 is 0 Å². The minimum Gasteiger partial charge on any atom is -0.256 e. The molecule has 0 unspecified atom stereocenters. The van der Waals surface area contributed by atoms with Crippen molar-refractivity contribution in [1.82, 2.24) is 4.98 Å². The summed E-state index contributed by atoms with van der Waals surface area (Å²) in [6, 6.07) is 51.6. The molecule has 1 aromatic heterocycles. The molecule has 0 saturated heterocycles. The Morgan fingerprint density at radius 1 is 0.429 bits per heavy atom. The van der Waals surface area contributed by atoms with Crippen LogP contribution in [0, 0.1) is 11.3 Å². The summed E-state index contributed by atoms with van der Waals surface area (Å²) in [4.78, 5) is 4.63. The van der Waals surface area contributed by atoms with E-state index in [1.54, 1.807) is 12.3 Å². The summed E-state index contributed by atoms with van der Waals surface area (Å²) in [6.07, 6.45) is 1.71. The average molecular weight is 533 g/mol. The lowest BCUT2D eigenvalue weighted by Gasteiger charge is -2.20. The highest BCUT2D eigenvalue weighted by Gasteiger charge is 2.19. The Morgan fingerprint density at radius 3 is 1.50 bits per heavy atom. The molecule has 0 radical (unpaired) electrons. The van der Waals surface area contributed by atoms with Crippen LogP contribution in [0.1, 0.15) is 5.56 Å². The Kier molecular flexibility index (Phi) is 5.55. The minimum atomic E-state index is 0.606.